The quantitative estimate of drug-likeness (QED) is 0.444. The van der Waals surface area contributed by atoms with Crippen LogP contribution in [0.15, 0.2) is 18.7 Å². The Morgan fingerprint density at radius 2 is 3.00 bits per heavy atom. The zero-order valence-electron chi connectivity index (χ0n) is 4.33. The number of hydrogen-bond acceptors (Lipinski definition) is 1. The van der Waals surface area contributed by atoms with Gasteiger partial charge >= 0.3 is 0 Å². The monoisotopic (exact) mass is 83.1 g/mol. The first-order valence-electron chi connectivity index (χ1n) is 2.39. The van der Waals surface area contributed by atoms with Crippen LogP contribution in [-0.2, 0) is 7.02 Å². The highest BCUT2D eigenvalue weighted by Crippen LogP contribution is 1.73. The summed E-state index contributed by atoms with van der Waals surface area (Å²) in [5.41, 5.74) is 0. The van der Waals surface area contributed by atoms with Gasteiger partial charge in [0.25, 0.3) is 0 Å². The van der Waals surface area contributed by atoms with Gasteiger partial charge in [-0.2, -0.15) is 0 Å². The van der Waals surface area contributed by atoms with Crippen molar-refractivity contribution in [2.24, 2.45) is 7.02 Å². The molecule has 0 atom stereocenters. The Balaban J connectivity index is 2.76. The lowest BCUT2D eigenvalue weighted by molar-refractivity contribution is 0.913. The standard InChI is InChI=1S/C4H6N2/c1-6-3-2-5-4-6/h2-4H,1H3/i1D. The van der Waals surface area contributed by atoms with E-state index in [4.69, 9.17) is 1.37 Å². The van der Waals surface area contributed by atoms with Crippen molar-refractivity contribution in [3.63, 3.8) is 0 Å². The summed E-state index contributed by atoms with van der Waals surface area (Å²) in [4.78, 5) is 3.74. The van der Waals surface area contributed by atoms with Crippen molar-refractivity contribution < 1.29 is 1.37 Å². The highest BCUT2D eigenvalue weighted by atomic mass is 15.0. The lowest BCUT2D eigenvalue weighted by Gasteiger charge is -1.76. The third kappa shape index (κ3) is 0.407. The van der Waals surface area contributed by atoms with Gasteiger partial charge in [0.2, 0.25) is 0 Å². The molecule has 0 aliphatic rings. The largest absolute Gasteiger partial charge is 0.341 e. The van der Waals surface area contributed by atoms with Crippen molar-refractivity contribution in [2.45, 2.75) is 0 Å². The molecule has 2 nitrogen and oxygen atoms in total. The fourth-order valence-electron chi connectivity index (χ4n) is 0.287. The number of rotatable bonds is 0. The molecule has 6 heavy (non-hydrogen) atoms. The van der Waals surface area contributed by atoms with Crippen molar-refractivity contribution in [1.82, 2.24) is 9.55 Å². The zero-order chi connectivity index (χ0) is 5.11. The van der Waals surface area contributed by atoms with Crippen LogP contribution < -0.4 is 0 Å². The van der Waals surface area contributed by atoms with Gasteiger partial charge in [-0.05, 0) is 0 Å². The number of aromatic nitrogens is 2. The minimum atomic E-state index is 0.264. The van der Waals surface area contributed by atoms with Crippen molar-refractivity contribution >= 4 is 0 Å². The molecule has 0 saturated heterocycles. The molecule has 1 aromatic rings. The maximum atomic E-state index is 6.78. The van der Waals surface area contributed by atoms with Gasteiger partial charge in [-0.15, -0.1) is 0 Å². The van der Waals surface area contributed by atoms with Gasteiger partial charge in [0.05, 0.1) is 6.33 Å². The normalized spacial score (nSPS) is 11.0. The van der Waals surface area contributed by atoms with Crippen molar-refractivity contribution in [1.29, 1.82) is 0 Å². The van der Waals surface area contributed by atoms with Crippen LogP contribution in [0.1, 0.15) is 1.37 Å². The van der Waals surface area contributed by atoms with Crippen LogP contribution in [0.25, 0.3) is 0 Å². The molecule has 0 aliphatic heterocycles. The average molecular weight is 83.1 g/mol. The first-order valence-corrected chi connectivity index (χ1v) is 1.68. The summed E-state index contributed by atoms with van der Waals surface area (Å²) in [7, 11) is 0.264. The Hall–Kier alpha value is -0.790. The molecule has 1 heterocycles. The van der Waals surface area contributed by atoms with Crippen LogP contribution in [0.5, 0.6) is 0 Å². The SMILES string of the molecule is [2H]Cn1ccnc1. The van der Waals surface area contributed by atoms with Gasteiger partial charge in [0.1, 0.15) is 0 Å². The lowest BCUT2D eigenvalue weighted by Crippen LogP contribution is -1.76. The molecule has 0 aliphatic carbocycles. The maximum absolute atomic E-state index is 6.78. The van der Waals surface area contributed by atoms with E-state index in [9.17, 15) is 0 Å². The fraction of sp³-hybridized carbons (Fsp3) is 0.250. The molecule has 0 spiro atoms. The van der Waals surface area contributed by atoms with Gasteiger partial charge in [-0.25, -0.2) is 4.98 Å². The lowest BCUT2D eigenvalue weighted by atomic mass is 10.9. The number of imidazole rings is 1. The number of nitrogens with zero attached hydrogens (tertiary/aromatic N) is 2. The average Bonchev–Trinajstić information content (AvgIpc) is 2.14. The van der Waals surface area contributed by atoms with Gasteiger partial charge in [0, 0.05) is 20.8 Å². The van der Waals surface area contributed by atoms with E-state index < -0.39 is 0 Å². The summed E-state index contributed by atoms with van der Waals surface area (Å²) >= 11 is 0. The highest BCUT2D eigenvalue weighted by molar-refractivity contribution is 4.70. The second kappa shape index (κ2) is 1.12. The molecule has 1 rings (SSSR count). The Bertz CT molecular complexity index is 124. The van der Waals surface area contributed by atoms with Crippen molar-refractivity contribution in [3.8, 4) is 0 Å². The van der Waals surface area contributed by atoms with Crippen molar-refractivity contribution in [2.75, 3.05) is 0 Å². The summed E-state index contributed by atoms with van der Waals surface area (Å²) in [6.07, 6.45) is 5.04. The summed E-state index contributed by atoms with van der Waals surface area (Å²) in [5.74, 6) is 0. The highest BCUT2D eigenvalue weighted by Gasteiger charge is 1.69. The smallest absolute Gasteiger partial charge is 0.0943 e. The molecule has 32 valence electrons. The molecule has 0 fully saturated rings. The summed E-state index contributed by atoms with van der Waals surface area (Å²) < 4.78 is 8.46. The Labute approximate surface area is 37.8 Å². The molecular formula is C4H6N2. The van der Waals surface area contributed by atoms with E-state index >= 15 is 0 Å². The minimum absolute atomic E-state index is 0.264. The van der Waals surface area contributed by atoms with E-state index in [0.717, 1.165) is 0 Å². The number of aryl methyl sites for hydroxylation is 1. The third-order valence-electron chi connectivity index (χ3n) is 0.559. The number of hydrogen-bond donors (Lipinski definition) is 0. The Kier molecular flexibility index (Phi) is 0.449. The summed E-state index contributed by atoms with van der Waals surface area (Å²) in [6, 6.07) is 0. The van der Waals surface area contributed by atoms with E-state index in [1.807, 2.05) is 0 Å². The molecule has 0 radical (unpaired) electrons. The topological polar surface area (TPSA) is 17.8 Å². The van der Waals surface area contributed by atoms with Gasteiger partial charge in [-0.3, -0.25) is 0 Å². The van der Waals surface area contributed by atoms with Crippen LogP contribution in [0, 0.1) is 0 Å². The molecule has 0 amide bonds. The first-order chi connectivity index (χ1) is 3.43. The molecule has 0 N–H and O–H groups in total. The molecule has 1 aromatic heterocycles. The van der Waals surface area contributed by atoms with Crippen LogP contribution in [-0.4, -0.2) is 9.55 Å². The maximum Gasteiger partial charge on any atom is 0.0943 e. The second-order valence-corrected chi connectivity index (χ2v) is 1.08. The van der Waals surface area contributed by atoms with Gasteiger partial charge in [0.15, 0.2) is 0 Å². The van der Waals surface area contributed by atoms with Crippen molar-refractivity contribution in [3.05, 3.63) is 18.7 Å². The van der Waals surface area contributed by atoms with E-state index in [0.29, 0.717) is 0 Å². The van der Waals surface area contributed by atoms with Crippen LogP contribution >= 0.6 is 0 Å². The molecule has 0 saturated carbocycles. The first kappa shape index (κ1) is 2.39. The third-order valence-corrected chi connectivity index (χ3v) is 0.559. The van der Waals surface area contributed by atoms with E-state index in [1.165, 1.54) is 0 Å². The van der Waals surface area contributed by atoms with E-state index in [2.05, 4.69) is 4.98 Å². The van der Waals surface area contributed by atoms with Crippen LogP contribution in [0.4, 0.5) is 0 Å². The van der Waals surface area contributed by atoms with Gasteiger partial charge in [-0.1, -0.05) is 0 Å². The van der Waals surface area contributed by atoms with Gasteiger partial charge < -0.3 is 4.57 Å². The second-order valence-electron chi connectivity index (χ2n) is 1.08. The van der Waals surface area contributed by atoms with E-state index in [1.54, 1.807) is 23.3 Å². The molecule has 0 bridgehead atoms. The van der Waals surface area contributed by atoms with Crippen LogP contribution in [0.3, 0.4) is 0 Å². The predicted octanol–water partition coefficient (Wildman–Crippen LogP) is 0.420. The fourth-order valence-corrected chi connectivity index (χ4v) is 0.287. The minimum Gasteiger partial charge on any atom is -0.341 e. The molecule has 0 aromatic carbocycles. The predicted molar refractivity (Wildman–Crippen MR) is 23.2 cm³/mol. The van der Waals surface area contributed by atoms with Crippen LogP contribution in [0.2, 0.25) is 0 Å². The summed E-state index contributed by atoms with van der Waals surface area (Å²) in [6.45, 7) is 0. The summed E-state index contributed by atoms with van der Waals surface area (Å²) in [5, 5.41) is 0. The Morgan fingerprint density at radius 1 is 2.00 bits per heavy atom. The zero-order valence-corrected chi connectivity index (χ0v) is 3.33. The Morgan fingerprint density at radius 3 is 3.33 bits per heavy atom. The van der Waals surface area contributed by atoms with E-state index in [-0.39, 0.29) is 7.02 Å². The molecule has 0 unspecified atom stereocenters. The molecular weight excluding hydrogens is 76.1 g/mol. The molecule has 2 heteroatoms.